The van der Waals surface area contributed by atoms with Gasteiger partial charge < -0.3 is 20.3 Å². The minimum absolute atomic E-state index is 0.0644. The second-order valence-corrected chi connectivity index (χ2v) is 8.66. The first-order valence-electron chi connectivity index (χ1n) is 8.86. The van der Waals surface area contributed by atoms with Crippen LogP contribution in [0.15, 0.2) is 4.99 Å². The van der Waals surface area contributed by atoms with Crippen LogP contribution in [0.1, 0.15) is 32.6 Å². The molecule has 142 valence electrons. The summed E-state index contributed by atoms with van der Waals surface area (Å²) in [5.41, 5.74) is 0. The van der Waals surface area contributed by atoms with Crippen molar-refractivity contribution in [1.29, 1.82) is 0 Å². The van der Waals surface area contributed by atoms with Gasteiger partial charge in [-0.15, -0.1) is 0 Å². The lowest BCUT2D eigenvalue weighted by Gasteiger charge is -2.33. The third-order valence-corrected chi connectivity index (χ3v) is 5.12. The third-order valence-electron chi connectivity index (χ3n) is 4.22. The smallest absolute Gasteiger partial charge is 0.191 e. The summed E-state index contributed by atoms with van der Waals surface area (Å²) in [4.78, 5) is 6.74. The van der Waals surface area contributed by atoms with Gasteiger partial charge in [-0.25, -0.2) is 8.42 Å². The number of ether oxygens (including phenoxy) is 1. The molecule has 1 aliphatic rings. The quantitative estimate of drug-likeness (QED) is 0.334. The molecule has 7 nitrogen and oxygen atoms in total. The summed E-state index contributed by atoms with van der Waals surface area (Å²) < 4.78 is 27.2. The van der Waals surface area contributed by atoms with Crippen LogP contribution in [-0.2, 0) is 14.6 Å². The molecule has 0 aliphatic carbocycles. The molecule has 0 amide bonds. The van der Waals surface area contributed by atoms with Crippen molar-refractivity contribution >= 4 is 15.8 Å². The Morgan fingerprint density at radius 2 is 2.00 bits per heavy atom. The fraction of sp³-hybridized carbons (Fsp3) is 0.938. The van der Waals surface area contributed by atoms with Crippen molar-refractivity contribution in [2.24, 2.45) is 4.99 Å². The third kappa shape index (κ3) is 10.1. The molecule has 2 N–H and O–H groups in total. The van der Waals surface area contributed by atoms with Gasteiger partial charge in [-0.2, -0.15) is 0 Å². The molecule has 1 saturated heterocycles. The van der Waals surface area contributed by atoms with E-state index in [2.05, 4.69) is 27.4 Å². The van der Waals surface area contributed by atoms with E-state index in [1.165, 1.54) is 32.1 Å². The fourth-order valence-electron chi connectivity index (χ4n) is 2.75. The van der Waals surface area contributed by atoms with Crippen molar-refractivity contribution in [2.45, 2.75) is 38.6 Å². The van der Waals surface area contributed by atoms with Crippen LogP contribution in [0.4, 0.5) is 0 Å². The molecule has 1 rings (SSSR count). The number of hydrogen-bond donors (Lipinski definition) is 2. The Morgan fingerprint density at radius 3 is 2.67 bits per heavy atom. The van der Waals surface area contributed by atoms with Crippen LogP contribution in [-0.4, -0.2) is 83.8 Å². The molecule has 0 aromatic rings. The Bertz CT molecular complexity index is 468. The van der Waals surface area contributed by atoms with Gasteiger partial charge in [0.15, 0.2) is 5.96 Å². The van der Waals surface area contributed by atoms with Crippen molar-refractivity contribution in [3.05, 3.63) is 0 Å². The summed E-state index contributed by atoms with van der Waals surface area (Å²) in [6.45, 7) is 6.85. The van der Waals surface area contributed by atoms with E-state index in [0.717, 1.165) is 25.5 Å². The van der Waals surface area contributed by atoms with E-state index in [1.807, 2.05) is 0 Å². The SMILES string of the molecule is CN=C(NCCCN1CCCCC1C)NCCOCCS(C)(=O)=O. The molecule has 0 saturated carbocycles. The number of aliphatic imine (C=N–C) groups is 1. The van der Waals surface area contributed by atoms with Gasteiger partial charge in [-0.05, 0) is 32.7 Å². The van der Waals surface area contributed by atoms with Gasteiger partial charge in [0.2, 0.25) is 0 Å². The molecule has 24 heavy (non-hydrogen) atoms. The fourth-order valence-corrected chi connectivity index (χ4v) is 3.17. The van der Waals surface area contributed by atoms with Gasteiger partial charge in [-0.3, -0.25) is 4.99 Å². The van der Waals surface area contributed by atoms with Crippen LogP contribution in [0.2, 0.25) is 0 Å². The Hall–Kier alpha value is -0.860. The summed E-state index contributed by atoms with van der Waals surface area (Å²) in [7, 11) is -1.20. The summed E-state index contributed by atoms with van der Waals surface area (Å²) in [6, 6.07) is 0.709. The standard InChI is InChI=1S/C16H34N4O3S/c1-15-7-4-5-10-20(15)11-6-8-18-16(17-2)19-9-12-23-13-14-24(3,21)22/h15H,4-14H2,1-3H3,(H2,17,18,19). The largest absolute Gasteiger partial charge is 0.379 e. The van der Waals surface area contributed by atoms with E-state index in [9.17, 15) is 8.42 Å². The molecule has 1 unspecified atom stereocenters. The highest BCUT2D eigenvalue weighted by Gasteiger charge is 2.17. The van der Waals surface area contributed by atoms with Gasteiger partial charge in [0.1, 0.15) is 9.84 Å². The lowest BCUT2D eigenvalue weighted by atomic mass is 10.0. The number of piperidine rings is 1. The number of sulfone groups is 1. The number of likely N-dealkylation sites (tertiary alicyclic amines) is 1. The maximum atomic E-state index is 11.0. The highest BCUT2D eigenvalue weighted by atomic mass is 32.2. The highest BCUT2D eigenvalue weighted by molar-refractivity contribution is 7.90. The van der Waals surface area contributed by atoms with E-state index >= 15 is 0 Å². The molecule has 0 spiro atoms. The average molecular weight is 363 g/mol. The summed E-state index contributed by atoms with van der Waals surface area (Å²) in [6.07, 6.45) is 6.30. The highest BCUT2D eigenvalue weighted by Crippen LogP contribution is 2.15. The van der Waals surface area contributed by atoms with Gasteiger partial charge in [0, 0.05) is 39.0 Å². The lowest BCUT2D eigenvalue weighted by molar-refractivity contribution is 0.153. The predicted molar refractivity (Wildman–Crippen MR) is 99.4 cm³/mol. The second-order valence-electron chi connectivity index (χ2n) is 6.40. The maximum absolute atomic E-state index is 11.0. The first-order chi connectivity index (χ1) is 11.4. The molecule has 1 heterocycles. The Labute approximate surface area is 147 Å². The first kappa shape index (κ1) is 21.2. The van der Waals surface area contributed by atoms with Crippen molar-refractivity contribution < 1.29 is 13.2 Å². The predicted octanol–water partition coefficient (Wildman–Crippen LogP) is 0.477. The monoisotopic (exact) mass is 362 g/mol. The van der Waals surface area contributed by atoms with Crippen LogP contribution in [0, 0.1) is 0 Å². The summed E-state index contributed by atoms with van der Waals surface area (Å²) >= 11 is 0. The van der Waals surface area contributed by atoms with Crippen molar-refractivity contribution in [3.63, 3.8) is 0 Å². The van der Waals surface area contributed by atoms with Crippen LogP contribution >= 0.6 is 0 Å². The van der Waals surface area contributed by atoms with Crippen molar-refractivity contribution in [1.82, 2.24) is 15.5 Å². The van der Waals surface area contributed by atoms with Crippen LogP contribution in [0.3, 0.4) is 0 Å². The Balaban J connectivity index is 2.04. The van der Waals surface area contributed by atoms with Gasteiger partial charge in [0.05, 0.1) is 19.0 Å². The van der Waals surface area contributed by atoms with Crippen LogP contribution in [0.25, 0.3) is 0 Å². The lowest BCUT2D eigenvalue weighted by Crippen LogP contribution is -2.42. The number of rotatable bonds is 10. The zero-order valence-electron chi connectivity index (χ0n) is 15.4. The molecule has 1 aliphatic heterocycles. The minimum atomic E-state index is -2.95. The van der Waals surface area contributed by atoms with Gasteiger partial charge in [-0.1, -0.05) is 6.42 Å². The van der Waals surface area contributed by atoms with E-state index in [1.54, 1.807) is 7.05 Å². The van der Waals surface area contributed by atoms with Gasteiger partial charge >= 0.3 is 0 Å². The Morgan fingerprint density at radius 1 is 1.25 bits per heavy atom. The number of nitrogens with one attached hydrogen (secondary N) is 2. The zero-order chi connectivity index (χ0) is 17.8. The Kier molecular flexibility index (Phi) is 10.3. The summed E-state index contributed by atoms with van der Waals surface area (Å²) in [5, 5.41) is 6.46. The normalized spacial score (nSPS) is 20.1. The number of nitrogens with zero attached hydrogens (tertiary/aromatic N) is 2. The zero-order valence-corrected chi connectivity index (χ0v) is 16.2. The van der Waals surface area contributed by atoms with Crippen LogP contribution in [0.5, 0.6) is 0 Å². The van der Waals surface area contributed by atoms with Crippen LogP contribution < -0.4 is 10.6 Å². The molecule has 0 bridgehead atoms. The van der Waals surface area contributed by atoms with E-state index < -0.39 is 9.84 Å². The average Bonchev–Trinajstić information content (AvgIpc) is 2.53. The number of hydrogen-bond acceptors (Lipinski definition) is 5. The summed E-state index contributed by atoms with van der Waals surface area (Å²) in [5.74, 6) is 0.822. The van der Waals surface area contributed by atoms with E-state index in [-0.39, 0.29) is 12.4 Å². The maximum Gasteiger partial charge on any atom is 0.191 e. The first-order valence-corrected chi connectivity index (χ1v) is 10.9. The molecular formula is C16H34N4O3S. The minimum Gasteiger partial charge on any atom is -0.379 e. The molecule has 0 aromatic carbocycles. The topological polar surface area (TPSA) is 83.0 Å². The molecule has 1 fully saturated rings. The molecule has 1 atom stereocenters. The number of guanidine groups is 1. The van der Waals surface area contributed by atoms with E-state index in [0.29, 0.717) is 19.2 Å². The van der Waals surface area contributed by atoms with Gasteiger partial charge in [0.25, 0.3) is 0 Å². The molecule has 0 aromatic heterocycles. The second kappa shape index (κ2) is 11.7. The van der Waals surface area contributed by atoms with Crippen molar-refractivity contribution in [3.8, 4) is 0 Å². The van der Waals surface area contributed by atoms with E-state index in [4.69, 9.17) is 4.74 Å². The molecule has 0 radical (unpaired) electrons. The molecular weight excluding hydrogens is 328 g/mol. The molecule has 8 heteroatoms. The van der Waals surface area contributed by atoms with Crippen molar-refractivity contribution in [2.75, 3.05) is 58.4 Å².